The zero-order valence-corrected chi connectivity index (χ0v) is 21.3. The van der Waals surface area contributed by atoms with Crippen LogP contribution in [0.3, 0.4) is 0 Å². The third kappa shape index (κ3) is 5.32. The molecule has 0 amide bonds. The zero-order chi connectivity index (χ0) is 21.2. The molecule has 2 heteroatoms. The van der Waals surface area contributed by atoms with E-state index < -0.39 is 0 Å². The molecule has 1 fully saturated rings. The molecule has 0 aromatic heterocycles. The van der Waals surface area contributed by atoms with Gasteiger partial charge in [0.05, 0.1) is 0 Å². The Morgan fingerprint density at radius 1 is 0.724 bits per heavy atom. The van der Waals surface area contributed by atoms with Crippen molar-refractivity contribution in [2.45, 2.75) is 89.4 Å². The fourth-order valence-corrected chi connectivity index (χ4v) is 14.2. The standard InChI is InChI=1S/C27H40P2/c1-21(24-19-14-20-25(24)29(26(2,3)4)27(5,6)7)28(22-15-10-8-11-16-22)23-17-12-9-13-18-23/h8-13,15-18,21,24-25H,14,19-20H2,1-7H3/t21?,24-,25-/m0/s1. The van der Waals surface area contributed by atoms with Gasteiger partial charge in [-0.3, -0.25) is 0 Å². The zero-order valence-electron chi connectivity index (χ0n) is 19.5. The first-order valence-corrected chi connectivity index (χ1v) is 14.1. The minimum Gasteiger partial charge on any atom is -0.0921 e. The molecule has 0 nitrogen and oxygen atoms in total. The Bertz CT molecular complexity index is 701. The van der Waals surface area contributed by atoms with E-state index in [2.05, 4.69) is 109 Å². The highest BCUT2D eigenvalue weighted by Gasteiger charge is 2.47. The van der Waals surface area contributed by atoms with Crippen molar-refractivity contribution in [2.75, 3.05) is 0 Å². The maximum absolute atomic E-state index is 2.58. The molecule has 2 aromatic rings. The summed E-state index contributed by atoms with van der Waals surface area (Å²) < 4.78 is 0. The summed E-state index contributed by atoms with van der Waals surface area (Å²) >= 11 is 0. The monoisotopic (exact) mass is 426 g/mol. The lowest BCUT2D eigenvalue weighted by Gasteiger charge is -2.49. The van der Waals surface area contributed by atoms with E-state index in [1.807, 2.05) is 0 Å². The Morgan fingerprint density at radius 2 is 1.17 bits per heavy atom. The topological polar surface area (TPSA) is 0 Å². The second-order valence-corrected chi connectivity index (χ2v) is 17.3. The van der Waals surface area contributed by atoms with Crippen LogP contribution in [0, 0.1) is 5.92 Å². The van der Waals surface area contributed by atoms with Crippen LogP contribution in [0.2, 0.25) is 0 Å². The Morgan fingerprint density at radius 3 is 1.59 bits per heavy atom. The molecule has 0 N–H and O–H groups in total. The Kier molecular flexibility index (Phi) is 7.29. The maximum Gasteiger partial charge on any atom is -0.0123 e. The summed E-state index contributed by atoms with van der Waals surface area (Å²) in [5.74, 6) is 0.839. The van der Waals surface area contributed by atoms with E-state index in [4.69, 9.17) is 0 Å². The van der Waals surface area contributed by atoms with Gasteiger partial charge in [-0.2, -0.15) is 0 Å². The summed E-state index contributed by atoms with van der Waals surface area (Å²) in [4.78, 5) is 0. The second-order valence-electron chi connectivity index (χ2n) is 10.7. The third-order valence-electron chi connectivity index (χ3n) is 6.40. The van der Waals surface area contributed by atoms with E-state index in [0.717, 1.165) is 17.2 Å². The van der Waals surface area contributed by atoms with Gasteiger partial charge in [-0.15, -0.1) is 0 Å². The minimum absolute atomic E-state index is 0.0678. The van der Waals surface area contributed by atoms with Gasteiger partial charge in [0, 0.05) is 0 Å². The van der Waals surface area contributed by atoms with Gasteiger partial charge < -0.3 is 0 Å². The van der Waals surface area contributed by atoms with Crippen molar-refractivity contribution >= 4 is 26.5 Å². The van der Waals surface area contributed by atoms with Crippen molar-refractivity contribution in [1.29, 1.82) is 0 Å². The summed E-state index contributed by atoms with van der Waals surface area (Å²) in [7, 11) is -0.404. The van der Waals surface area contributed by atoms with Crippen LogP contribution in [0.1, 0.15) is 67.7 Å². The van der Waals surface area contributed by atoms with E-state index >= 15 is 0 Å². The lowest BCUT2D eigenvalue weighted by Crippen LogP contribution is -2.37. The number of hydrogen-bond acceptors (Lipinski definition) is 0. The molecule has 1 aliphatic rings. The molecular formula is C27H40P2. The third-order valence-corrected chi connectivity index (χ3v) is 13.5. The summed E-state index contributed by atoms with van der Waals surface area (Å²) in [5.41, 5.74) is 1.61. The summed E-state index contributed by atoms with van der Waals surface area (Å²) in [6.07, 6.45) is 4.26. The molecule has 0 bridgehead atoms. The molecule has 0 radical (unpaired) electrons. The van der Waals surface area contributed by atoms with Gasteiger partial charge in [0.15, 0.2) is 0 Å². The van der Waals surface area contributed by atoms with Gasteiger partial charge in [-0.05, 0) is 58.9 Å². The summed E-state index contributed by atoms with van der Waals surface area (Å²) in [6.45, 7) is 17.6. The highest BCUT2D eigenvalue weighted by Crippen LogP contribution is 2.68. The summed E-state index contributed by atoms with van der Waals surface area (Å²) in [5, 5.41) is 3.90. The SMILES string of the molecule is CC([C@@H]1CCC[C@@H]1P(C(C)(C)C)C(C)(C)C)P(c1ccccc1)c1ccccc1. The lowest BCUT2D eigenvalue weighted by atomic mass is 10.0. The average molecular weight is 427 g/mol. The van der Waals surface area contributed by atoms with Crippen LogP contribution < -0.4 is 10.6 Å². The first kappa shape index (κ1) is 23.0. The molecule has 1 saturated carbocycles. The van der Waals surface area contributed by atoms with Gasteiger partial charge in [0.1, 0.15) is 0 Å². The molecule has 3 atom stereocenters. The first-order chi connectivity index (χ1) is 13.6. The Balaban J connectivity index is 2.00. The molecule has 0 heterocycles. The molecule has 3 rings (SSSR count). The van der Waals surface area contributed by atoms with Crippen LogP contribution in [-0.2, 0) is 0 Å². The fourth-order valence-electron chi connectivity index (χ4n) is 5.84. The number of hydrogen-bond donors (Lipinski definition) is 0. The molecule has 2 aromatic carbocycles. The molecule has 29 heavy (non-hydrogen) atoms. The van der Waals surface area contributed by atoms with E-state index in [0.29, 0.717) is 10.3 Å². The number of benzene rings is 2. The van der Waals surface area contributed by atoms with Gasteiger partial charge >= 0.3 is 0 Å². The van der Waals surface area contributed by atoms with E-state index in [1.54, 1.807) is 10.6 Å². The predicted molar refractivity (Wildman–Crippen MR) is 136 cm³/mol. The minimum atomic E-state index is -0.336. The van der Waals surface area contributed by atoms with E-state index in [9.17, 15) is 0 Å². The van der Waals surface area contributed by atoms with Crippen molar-refractivity contribution in [2.24, 2.45) is 5.92 Å². The molecule has 1 aliphatic carbocycles. The van der Waals surface area contributed by atoms with Crippen molar-refractivity contribution in [3.63, 3.8) is 0 Å². The summed E-state index contributed by atoms with van der Waals surface area (Å²) in [6, 6.07) is 22.7. The van der Waals surface area contributed by atoms with Crippen molar-refractivity contribution in [3.8, 4) is 0 Å². The van der Waals surface area contributed by atoms with Crippen LogP contribution in [0.25, 0.3) is 0 Å². The largest absolute Gasteiger partial charge is 0.0921 e. The first-order valence-electron chi connectivity index (χ1n) is 11.3. The Hall–Kier alpha value is -0.700. The highest BCUT2D eigenvalue weighted by molar-refractivity contribution is 7.73. The normalized spacial score (nSPS) is 21.7. The van der Waals surface area contributed by atoms with Gasteiger partial charge in [-0.25, -0.2) is 0 Å². The second kappa shape index (κ2) is 9.20. The van der Waals surface area contributed by atoms with Gasteiger partial charge in [0.25, 0.3) is 0 Å². The molecule has 0 saturated heterocycles. The van der Waals surface area contributed by atoms with Crippen LogP contribution in [0.4, 0.5) is 0 Å². The van der Waals surface area contributed by atoms with Crippen LogP contribution in [0.15, 0.2) is 60.7 Å². The van der Waals surface area contributed by atoms with Gasteiger partial charge in [-0.1, -0.05) is 123 Å². The number of rotatable bonds is 5. The van der Waals surface area contributed by atoms with E-state index in [-0.39, 0.29) is 15.8 Å². The quantitative estimate of drug-likeness (QED) is 0.429. The van der Waals surface area contributed by atoms with Gasteiger partial charge in [0.2, 0.25) is 0 Å². The van der Waals surface area contributed by atoms with E-state index in [1.165, 1.54) is 19.3 Å². The van der Waals surface area contributed by atoms with Crippen LogP contribution >= 0.6 is 15.8 Å². The Labute approximate surface area is 182 Å². The van der Waals surface area contributed by atoms with Crippen molar-refractivity contribution < 1.29 is 0 Å². The molecule has 0 aliphatic heterocycles. The average Bonchev–Trinajstić information content (AvgIpc) is 3.10. The smallest absolute Gasteiger partial charge is 0.0123 e. The van der Waals surface area contributed by atoms with Crippen molar-refractivity contribution in [3.05, 3.63) is 60.7 Å². The predicted octanol–water partition coefficient (Wildman–Crippen LogP) is 7.76. The lowest BCUT2D eigenvalue weighted by molar-refractivity contribution is 0.531. The maximum atomic E-state index is 2.58. The van der Waals surface area contributed by atoms with Crippen molar-refractivity contribution in [1.82, 2.24) is 0 Å². The molecule has 1 unspecified atom stereocenters. The molecule has 158 valence electrons. The van der Waals surface area contributed by atoms with Crippen LogP contribution in [-0.4, -0.2) is 21.6 Å². The van der Waals surface area contributed by atoms with Crippen LogP contribution in [0.5, 0.6) is 0 Å². The fraction of sp³-hybridized carbons (Fsp3) is 0.556. The molecular weight excluding hydrogens is 386 g/mol. The molecule has 0 spiro atoms. The highest BCUT2D eigenvalue weighted by atomic mass is 31.1.